The molecule has 2 aromatic rings. The molecule has 0 aliphatic carbocycles. The molecule has 140 valence electrons. The Bertz CT molecular complexity index is 880. The molecule has 1 fully saturated rings. The van der Waals surface area contributed by atoms with Crippen LogP contribution in [0.25, 0.3) is 10.8 Å². The van der Waals surface area contributed by atoms with Gasteiger partial charge in [0.25, 0.3) is 5.91 Å². The highest BCUT2D eigenvalue weighted by Gasteiger charge is 2.33. The van der Waals surface area contributed by atoms with Gasteiger partial charge in [0.15, 0.2) is 0 Å². The number of nitrogens with zero attached hydrogens (tertiary/aromatic N) is 1. The van der Waals surface area contributed by atoms with Crippen LogP contribution in [0.3, 0.4) is 0 Å². The average molecular weight is 367 g/mol. The Kier molecular flexibility index (Phi) is 5.80. The summed E-state index contributed by atoms with van der Waals surface area (Å²) in [6.45, 7) is 0.211. The lowest BCUT2D eigenvalue weighted by Gasteiger charge is -2.23. The largest absolute Gasteiger partial charge is 0.348 e. The third-order valence-corrected chi connectivity index (χ3v) is 4.65. The lowest BCUT2D eigenvalue weighted by molar-refractivity contribution is -0.137. The second-order valence-corrected chi connectivity index (χ2v) is 6.40. The number of carbonyl (C=O) groups is 4. The molecule has 1 heterocycles. The number of aldehydes is 1. The minimum atomic E-state index is -0.588. The van der Waals surface area contributed by atoms with E-state index < -0.39 is 6.04 Å². The SMILES string of the molecule is O=CCNC(=O)[C@@H]1CCCN1C(=O)CNC(=O)c1ccc2ccccc2c1. The van der Waals surface area contributed by atoms with Gasteiger partial charge >= 0.3 is 0 Å². The van der Waals surface area contributed by atoms with E-state index in [2.05, 4.69) is 10.6 Å². The van der Waals surface area contributed by atoms with Crippen LogP contribution in [-0.2, 0) is 14.4 Å². The highest BCUT2D eigenvalue weighted by atomic mass is 16.2. The van der Waals surface area contributed by atoms with Gasteiger partial charge in [-0.1, -0.05) is 30.3 Å². The molecule has 2 N–H and O–H groups in total. The third-order valence-electron chi connectivity index (χ3n) is 4.65. The Hall–Kier alpha value is -3.22. The summed E-state index contributed by atoms with van der Waals surface area (Å²) in [5, 5.41) is 7.08. The van der Waals surface area contributed by atoms with Crippen molar-refractivity contribution in [1.82, 2.24) is 15.5 Å². The Labute approximate surface area is 156 Å². The van der Waals surface area contributed by atoms with E-state index in [0.29, 0.717) is 31.2 Å². The maximum absolute atomic E-state index is 12.4. The van der Waals surface area contributed by atoms with E-state index in [-0.39, 0.29) is 30.8 Å². The predicted octanol–water partition coefficient (Wildman–Crippen LogP) is 0.876. The second kappa shape index (κ2) is 8.44. The first-order valence-electron chi connectivity index (χ1n) is 8.88. The molecule has 0 radical (unpaired) electrons. The number of nitrogens with one attached hydrogen (secondary N) is 2. The van der Waals surface area contributed by atoms with E-state index in [9.17, 15) is 19.2 Å². The molecule has 2 aromatic carbocycles. The molecule has 0 saturated carbocycles. The molecule has 3 rings (SSSR count). The Balaban J connectivity index is 1.59. The van der Waals surface area contributed by atoms with Crippen LogP contribution in [0.2, 0.25) is 0 Å². The quantitative estimate of drug-likeness (QED) is 0.741. The number of carbonyl (C=O) groups excluding carboxylic acids is 4. The minimum absolute atomic E-state index is 0.0733. The standard InChI is InChI=1S/C20H21N3O4/c24-11-9-21-20(27)17-6-3-10-23(17)18(25)13-22-19(26)16-8-7-14-4-1-2-5-15(14)12-16/h1-2,4-5,7-8,11-12,17H,3,6,9-10,13H2,(H,21,27)(H,22,26)/t17-/m0/s1. The number of fused-ring (bicyclic) bond motifs is 1. The highest BCUT2D eigenvalue weighted by molar-refractivity contribution is 6.00. The fourth-order valence-electron chi connectivity index (χ4n) is 3.29. The zero-order valence-electron chi connectivity index (χ0n) is 14.8. The molecule has 7 heteroatoms. The maximum atomic E-state index is 12.4. The van der Waals surface area contributed by atoms with Crippen LogP contribution in [0.5, 0.6) is 0 Å². The van der Waals surface area contributed by atoms with E-state index in [1.165, 1.54) is 4.90 Å². The van der Waals surface area contributed by atoms with Crippen LogP contribution >= 0.6 is 0 Å². The lowest BCUT2D eigenvalue weighted by atomic mass is 10.1. The molecular weight excluding hydrogens is 346 g/mol. The normalized spacial score (nSPS) is 16.1. The Morgan fingerprint density at radius 3 is 2.63 bits per heavy atom. The molecule has 0 spiro atoms. The lowest BCUT2D eigenvalue weighted by Crippen LogP contribution is -2.49. The van der Waals surface area contributed by atoms with Crippen molar-refractivity contribution in [3.63, 3.8) is 0 Å². The van der Waals surface area contributed by atoms with Gasteiger partial charge in [-0.05, 0) is 35.7 Å². The van der Waals surface area contributed by atoms with Gasteiger partial charge in [-0.15, -0.1) is 0 Å². The molecule has 0 bridgehead atoms. The van der Waals surface area contributed by atoms with Crippen LogP contribution in [0.4, 0.5) is 0 Å². The average Bonchev–Trinajstić information content (AvgIpc) is 3.19. The molecule has 0 unspecified atom stereocenters. The summed E-state index contributed by atoms with van der Waals surface area (Å²) in [6, 6.07) is 12.5. The van der Waals surface area contributed by atoms with Gasteiger partial charge in [-0.25, -0.2) is 0 Å². The molecular formula is C20H21N3O4. The summed E-state index contributed by atoms with van der Waals surface area (Å²) in [5.41, 5.74) is 0.475. The molecule has 3 amide bonds. The molecule has 7 nitrogen and oxygen atoms in total. The molecule has 1 atom stereocenters. The summed E-state index contributed by atoms with van der Waals surface area (Å²) >= 11 is 0. The van der Waals surface area contributed by atoms with Crippen LogP contribution in [0, 0.1) is 0 Å². The first-order valence-corrected chi connectivity index (χ1v) is 8.88. The van der Waals surface area contributed by atoms with Crippen molar-refractivity contribution < 1.29 is 19.2 Å². The summed E-state index contributed by atoms with van der Waals surface area (Å²) in [6.07, 6.45) is 1.86. The number of benzene rings is 2. The molecule has 1 saturated heterocycles. The highest BCUT2D eigenvalue weighted by Crippen LogP contribution is 2.18. The predicted molar refractivity (Wildman–Crippen MR) is 100 cm³/mol. The fourth-order valence-corrected chi connectivity index (χ4v) is 3.29. The van der Waals surface area contributed by atoms with Crippen LogP contribution in [0.15, 0.2) is 42.5 Å². The first kappa shape index (κ1) is 18.6. The number of hydrogen-bond donors (Lipinski definition) is 2. The Morgan fingerprint density at radius 1 is 1.07 bits per heavy atom. The second-order valence-electron chi connectivity index (χ2n) is 6.40. The van der Waals surface area contributed by atoms with Gasteiger partial charge in [0.1, 0.15) is 12.3 Å². The summed E-state index contributed by atoms with van der Waals surface area (Å²) < 4.78 is 0. The van der Waals surface area contributed by atoms with Gasteiger partial charge in [-0.2, -0.15) is 0 Å². The van der Waals surface area contributed by atoms with Crippen molar-refractivity contribution in [2.75, 3.05) is 19.6 Å². The van der Waals surface area contributed by atoms with Gasteiger partial charge < -0.3 is 20.3 Å². The zero-order chi connectivity index (χ0) is 19.2. The van der Waals surface area contributed by atoms with Crippen molar-refractivity contribution in [2.45, 2.75) is 18.9 Å². The van der Waals surface area contributed by atoms with E-state index >= 15 is 0 Å². The Morgan fingerprint density at radius 2 is 1.85 bits per heavy atom. The summed E-state index contributed by atoms with van der Waals surface area (Å²) in [7, 11) is 0. The van der Waals surface area contributed by atoms with E-state index in [4.69, 9.17) is 0 Å². The van der Waals surface area contributed by atoms with Crippen molar-refractivity contribution in [2.24, 2.45) is 0 Å². The zero-order valence-corrected chi connectivity index (χ0v) is 14.8. The van der Waals surface area contributed by atoms with Crippen molar-refractivity contribution in [1.29, 1.82) is 0 Å². The van der Waals surface area contributed by atoms with Gasteiger partial charge in [-0.3, -0.25) is 14.4 Å². The monoisotopic (exact) mass is 367 g/mol. The topological polar surface area (TPSA) is 95.6 Å². The van der Waals surface area contributed by atoms with E-state index in [1.807, 2.05) is 30.3 Å². The number of amides is 3. The maximum Gasteiger partial charge on any atom is 0.251 e. The molecule has 0 aromatic heterocycles. The summed E-state index contributed by atoms with van der Waals surface area (Å²) in [4.78, 5) is 48.7. The van der Waals surface area contributed by atoms with E-state index in [0.717, 1.165) is 10.8 Å². The van der Waals surface area contributed by atoms with Crippen LogP contribution < -0.4 is 10.6 Å². The van der Waals surface area contributed by atoms with Crippen molar-refractivity contribution in [3.8, 4) is 0 Å². The number of likely N-dealkylation sites (tertiary alicyclic amines) is 1. The fraction of sp³-hybridized carbons (Fsp3) is 0.300. The number of rotatable bonds is 6. The van der Waals surface area contributed by atoms with Crippen LogP contribution in [-0.4, -0.2) is 54.6 Å². The number of hydrogen-bond acceptors (Lipinski definition) is 4. The third kappa shape index (κ3) is 4.31. The molecule has 1 aliphatic heterocycles. The molecule has 27 heavy (non-hydrogen) atoms. The molecule has 1 aliphatic rings. The van der Waals surface area contributed by atoms with Gasteiger partial charge in [0.2, 0.25) is 11.8 Å². The summed E-state index contributed by atoms with van der Waals surface area (Å²) in [5.74, 6) is -0.989. The van der Waals surface area contributed by atoms with E-state index in [1.54, 1.807) is 12.1 Å². The van der Waals surface area contributed by atoms with Crippen molar-refractivity contribution >= 4 is 34.8 Å². The first-order chi connectivity index (χ1) is 13.1. The van der Waals surface area contributed by atoms with Crippen LogP contribution in [0.1, 0.15) is 23.2 Å². The van der Waals surface area contributed by atoms with Crippen molar-refractivity contribution in [3.05, 3.63) is 48.0 Å². The minimum Gasteiger partial charge on any atom is -0.348 e. The smallest absolute Gasteiger partial charge is 0.251 e. The van der Waals surface area contributed by atoms with Gasteiger partial charge in [0, 0.05) is 12.1 Å². The van der Waals surface area contributed by atoms with Gasteiger partial charge in [0.05, 0.1) is 13.1 Å².